The lowest BCUT2D eigenvalue weighted by molar-refractivity contribution is -0.385. The summed E-state index contributed by atoms with van der Waals surface area (Å²) in [6.07, 6.45) is 1.67. The van der Waals surface area contributed by atoms with E-state index in [0.29, 0.717) is 28.1 Å². The van der Waals surface area contributed by atoms with Crippen LogP contribution in [0.2, 0.25) is 0 Å². The average molecular weight is 457 g/mol. The summed E-state index contributed by atoms with van der Waals surface area (Å²) in [6.45, 7) is 1.75. The molecule has 0 spiro atoms. The minimum absolute atomic E-state index is 0.0494. The number of nitrogens with one attached hydrogen (secondary N) is 1. The molecular formula is C24H19N5O5. The molecule has 0 bridgehead atoms. The van der Waals surface area contributed by atoms with Crippen LogP contribution in [0.25, 0.3) is 16.9 Å². The SMILES string of the molecule is Cc1ccc([N+](=O)[O-])cc1NC(=O)Cc1cn(-c2ccccc2)nc1-c1ccc([N+](=O)[O-])cc1. The van der Waals surface area contributed by atoms with Crippen molar-refractivity contribution in [3.63, 3.8) is 0 Å². The first-order chi connectivity index (χ1) is 16.3. The van der Waals surface area contributed by atoms with Crippen LogP contribution in [0.1, 0.15) is 11.1 Å². The molecule has 0 aliphatic carbocycles. The van der Waals surface area contributed by atoms with Gasteiger partial charge in [-0.25, -0.2) is 4.68 Å². The summed E-state index contributed by atoms with van der Waals surface area (Å²) in [6, 6.07) is 19.5. The first kappa shape index (κ1) is 22.3. The van der Waals surface area contributed by atoms with Crippen LogP contribution in [0.15, 0.2) is 79.0 Å². The number of aromatic nitrogens is 2. The van der Waals surface area contributed by atoms with E-state index in [1.165, 1.54) is 24.3 Å². The third-order valence-electron chi connectivity index (χ3n) is 5.22. The molecule has 170 valence electrons. The predicted octanol–water partition coefficient (Wildman–Crippen LogP) is 4.85. The Morgan fingerprint density at radius 1 is 0.941 bits per heavy atom. The van der Waals surface area contributed by atoms with E-state index in [1.807, 2.05) is 30.3 Å². The molecule has 34 heavy (non-hydrogen) atoms. The van der Waals surface area contributed by atoms with E-state index in [2.05, 4.69) is 10.4 Å². The van der Waals surface area contributed by atoms with E-state index in [1.54, 1.807) is 36.0 Å². The standard InChI is InChI=1S/C24H19N5O5/c1-16-7-10-21(29(33)34)14-22(16)25-23(30)13-18-15-27(19-5-3-2-4-6-19)26-24(18)17-8-11-20(12-9-17)28(31)32/h2-12,14-15H,13H2,1H3,(H,25,30). The van der Waals surface area contributed by atoms with Crippen molar-refractivity contribution in [3.8, 4) is 16.9 Å². The Morgan fingerprint density at radius 3 is 2.24 bits per heavy atom. The zero-order chi connectivity index (χ0) is 24.2. The van der Waals surface area contributed by atoms with Gasteiger partial charge in [-0.05, 0) is 36.8 Å². The fourth-order valence-electron chi connectivity index (χ4n) is 3.46. The largest absolute Gasteiger partial charge is 0.325 e. The summed E-state index contributed by atoms with van der Waals surface area (Å²) >= 11 is 0. The normalized spacial score (nSPS) is 10.6. The molecule has 0 aliphatic heterocycles. The Morgan fingerprint density at radius 2 is 1.59 bits per heavy atom. The summed E-state index contributed by atoms with van der Waals surface area (Å²) in [5.74, 6) is -0.376. The van der Waals surface area contributed by atoms with E-state index in [0.717, 1.165) is 5.69 Å². The number of hydrogen-bond acceptors (Lipinski definition) is 6. The van der Waals surface area contributed by atoms with Crippen molar-refractivity contribution in [1.29, 1.82) is 0 Å². The molecule has 1 N–H and O–H groups in total. The Hall–Kier alpha value is -4.86. The number of benzene rings is 3. The Labute approximate surface area is 193 Å². The van der Waals surface area contributed by atoms with E-state index >= 15 is 0 Å². The van der Waals surface area contributed by atoms with Gasteiger partial charge in [-0.3, -0.25) is 25.0 Å². The van der Waals surface area contributed by atoms with Gasteiger partial charge in [-0.15, -0.1) is 0 Å². The Kier molecular flexibility index (Phi) is 6.13. The van der Waals surface area contributed by atoms with Gasteiger partial charge in [0.2, 0.25) is 5.91 Å². The first-order valence-electron chi connectivity index (χ1n) is 10.3. The lowest BCUT2D eigenvalue weighted by Crippen LogP contribution is -2.15. The topological polar surface area (TPSA) is 133 Å². The van der Waals surface area contributed by atoms with Crippen molar-refractivity contribution in [2.75, 3.05) is 5.32 Å². The third-order valence-corrected chi connectivity index (χ3v) is 5.22. The molecule has 4 rings (SSSR count). The molecule has 0 atom stereocenters. The van der Waals surface area contributed by atoms with Crippen LogP contribution in [-0.4, -0.2) is 25.5 Å². The van der Waals surface area contributed by atoms with Gasteiger partial charge in [0.05, 0.1) is 33.3 Å². The fraction of sp³-hybridized carbons (Fsp3) is 0.0833. The van der Waals surface area contributed by atoms with Crippen LogP contribution in [0, 0.1) is 27.2 Å². The molecule has 0 fully saturated rings. The van der Waals surface area contributed by atoms with Crippen molar-refractivity contribution < 1.29 is 14.6 Å². The Bertz CT molecular complexity index is 1380. The second kappa shape index (κ2) is 9.33. The number of carbonyl (C=O) groups is 1. The van der Waals surface area contributed by atoms with Gasteiger partial charge in [0.1, 0.15) is 0 Å². The molecular weight excluding hydrogens is 438 g/mol. The maximum absolute atomic E-state index is 12.9. The number of aryl methyl sites for hydroxylation is 1. The monoisotopic (exact) mass is 457 g/mol. The predicted molar refractivity (Wildman–Crippen MR) is 126 cm³/mol. The highest BCUT2D eigenvalue weighted by atomic mass is 16.6. The number of rotatable bonds is 7. The van der Waals surface area contributed by atoms with Crippen molar-refractivity contribution >= 4 is 23.0 Å². The summed E-state index contributed by atoms with van der Waals surface area (Å²) in [5.41, 5.74) is 3.38. The van der Waals surface area contributed by atoms with E-state index in [4.69, 9.17) is 0 Å². The van der Waals surface area contributed by atoms with Gasteiger partial charge < -0.3 is 5.32 Å². The van der Waals surface area contributed by atoms with Gasteiger partial charge >= 0.3 is 0 Å². The minimum atomic E-state index is -0.522. The van der Waals surface area contributed by atoms with Crippen LogP contribution >= 0.6 is 0 Å². The molecule has 0 aliphatic rings. The van der Waals surface area contributed by atoms with Crippen LogP contribution in [0.3, 0.4) is 0 Å². The fourth-order valence-corrected chi connectivity index (χ4v) is 3.46. The summed E-state index contributed by atoms with van der Waals surface area (Å²) < 4.78 is 1.64. The van der Waals surface area contributed by atoms with Crippen molar-refractivity contribution in [1.82, 2.24) is 9.78 Å². The van der Waals surface area contributed by atoms with E-state index in [9.17, 15) is 25.0 Å². The molecule has 0 saturated carbocycles. The van der Waals surface area contributed by atoms with Crippen LogP contribution in [0.4, 0.5) is 17.1 Å². The molecule has 1 amide bonds. The second-order valence-electron chi connectivity index (χ2n) is 7.57. The molecule has 10 heteroatoms. The molecule has 4 aromatic rings. The van der Waals surface area contributed by atoms with Crippen molar-refractivity contribution in [3.05, 3.63) is 110 Å². The van der Waals surface area contributed by atoms with Crippen molar-refractivity contribution in [2.24, 2.45) is 0 Å². The van der Waals surface area contributed by atoms with Gasteiger partial charge in [-0.2, -0.15) is 5.10 Å². The number of carbonyl (C=O) groups excluding carboxylic acids is 1. The Balaban J connectivity index is 1.67. The zero-order valence-corrected chi connectivity index (χ0v) is 18.0. The number of anilines is 1. The number of amides is 1. The smallest absolute Gasteiger partial charge is 0.271 e. The molecule has 0 saturated heterocycles. The number of nitrogens with zero attached hydrogens (tertiary/aromatic N) is 4. The number of nitro benzene ring substituents is 2. The summed E-state index contributed by atoms with van der Waals surface area (Å²) in [4.78, 5) is 34.0. The number of non-ortho nitro benzene ring substituents is 2. The quantitative estimate of drug-likeness (QED) is 0.312. The van der Waals surface area contributed by atoms with Crippen LogP contribution in [0.5, 0.6) is 0 Å². The van der Waals surface area contributed by atoms with Gasteiger partial charge in [-0.1, -0.05) is 24.3 Å². The molecule has 3 aromatic carbocycles. The number of para-hydroxylation sites is 1. The maximum Gasteiger partial charge on any atom is 0.271 e. The first-order valence-corrected chi connectivity index (χ1v) is 10.3. The lowest BCUT2D eigenvalue weighted by atomic mass is 10.1. The second-order valence-corrected chi connectivity index (χ2v) is 7.57. The highest BCUT2D eigenvalue weighted by molar-refractivity contribution is 5.94. The average Bonchev–Trinajstić information content (AvgIpc) is 3.24. The molecule has 10 nitrogen and oxygen atoms in total. The highest BCUT2D eigenvalue weighted by Crippen LogP contribution is 2.27. The lowest BCUT2D eigenvalue weighted by Gasteiger charge is -2.08. The van der Waals surface area contributed by atoms with Crippen LogP contribution < -0.4 is 5.32 Å². The van der Waals surface area contributed by atoms with E-state index in [-0.39, 0.29) is 23.7 Å². The highest BCUT2D eigenvalue weighted by Gasteiger charge is 2.18. The van der Waals surface area contributed by atoms with Gasteiger partial charge in [0.15, 0.2) is 0 Å². The molecule has 1 heterocycles. The van der Waals surface area contributed by atoms with Crippen molar-refractivity contribution in [2.45, 2.75) is 13.3 Å². The van der Waals surface area contributed by atoms with Crippen LogP contribution in [-0.2, 0) is 11.2 Å². The zero-order valence-electron chi connectivity index (χ0n) is 18.0. The third kappa shape index (κ3) is 4.80. The number of nitro groups is 2. The maximum atomic E-state index is 12.9. The van der Waals surface area contributed by atoms with E-state index < -0.39 is 9.85 Å². The minimum Gasteiger partial charge on any atom is -0.325 e. The summed E-state index contributed by atoms with van der Waals surface area (Å²) in [5, 5.41) is 29.4. The molecule has 1 aromatic heterocycles. The summed E-state index contributed by atoms with van der Waals surface area (Å²) in [7, 11) is 0. The molecule has 0 unspecified atom stereocenters. The van der Waals surface area contributed by atoms with Gasteiger partial charge in [0.25, 0.3) is 11.4 Å². The molecule has 0 radical (unpaired) electrons. The number of hydrogen-bond donors (Lipinski definition) is 1. The van der Waals surface area contributed by atoms with Gasteiger partial charge in [0, 0.05) is 41.6 Å².